The van der Waals surface area contributed by atoms with E-state index in [4.69, 9.17) is 0 Å². The van der Waals surface area contributed by atoms with E-state index in [1.54, 1.807) is 31.3 Å². The van der Waals surface area contributed by atoms with Gasteiger partial charge in [0, 0.05) is 17.1 Å². The number of halogens is 1. The van der Waals surface area contributed by atoms with Crippen LogP contribution in [0.2, 0.25) is 0 Å². The standard InChI is InChI=1S/C18H14BrNO3/c1-20-15(11-5-3-2-4-6-11)14(17(22)18(20)23)16(21)12-7-9-13(19)10-8-12/h2-10,15,21H,1H3/t15-/m0/s1. The maximum atomic E-state index is 12.4. The molecule has 0 bridgehead atoms. The van der Waals surface area contributed by atoms with Crippen molar-refractivity contribution >= 4 is 33.4 Å². The monoisotopic (exact) mass is 371 g/mol. The third kappa shape index (κ3) is 2.68. The first-order chi connectivity index (χ1) is 11.0. The van der Waals surface area contributed by atoms with Crippen molar-refractivity contribution in [2.45, 2.75) is 6.04 Å². The summed E-state index contributed by atoms with van der Waals surface area (Å²) in [6.07, 6.45) is 0. The summed E-state index contributed by atoms with van der Waals surface area (Å²) in [5.74, 6) is -1.44. The van der Waals surface area contributed by atoms with Gasteiger partial charge in [-0.15, -0.1) is 0 Å². The van der Waals surface area contributed by atoms with Crippen molar-refractivity contribution in [3.8, 4) is 0 Å². The first kappa shape index (κ1) is 15.5. The van der Waals surface area contributed by atoms with Gasteiger partial charge >= 0.3 is 0 Å². The highest BCUT2D eigenvalue weighted by molar-refractivity contribution is 9.10. The largest absolute Gasteiger partial charge is 0.507 e. The molecule has 1 atom stereocenters. The Morgan fingerprint density at radius 1 is 1.04 bits per heavy atom. The number of aliphatic hydroxyl groups is 1. The fraction of sp³-hybridized carbons (Fsp3) is 0.111. The molecular formula is C18H14BrNO3. The van der Waals surface area contributed by atoms with E-state index < -0.39 is 17.7 Å². The summed E-state index contributed by atoms with van der Waals surface area (Å²) in [5.41, 5.74) is 1.40. The number of benzene rings is 2. The van der Waals surface area contributed by atoms with Crippen molar-refractivity contribution in [3.63, 3.8) is 0 Å². The number of carbonyl (C=O) groups is 2. The van der Waals surface area contributed by atoms with Crippen molar-refractivity contribution in [3.05, 3.63) is 75.8 Å². The van der Waals surface area contributed by atoms with Gasteiger partial charge in [0.15, 0.2) is 0 Å². The lowest BCUT2D eigenvalue weighted by Gasteiger charge is -2.20. The van der Waals surface area contributed by atoms with Crippen molar-refractivity contribution in [2.24, 2.45) is 0 Å². The van der Waals surface area contributed by atoms with Crippen molar-refractivity contribution in [1.29, 1.82) is 0 Å². The van der Waals surface area contributed by atoms with Crippen LogP contribution in [0.1, 0.15) is 17.2 Å². The summed E-state index contributed by atoms with van der Waals surface area (Å²) in [7, 11) is 1.57. The number of likely N-dealkylation sites (tertiary alicyclic amines) is 1. The molecule has 1 aliphatic rings. The highest BCUT2D eigenvalue weighted by Gasteiger charge is 2.44. The van der Waals surface area contributed by atoms with E-state index >= 15 is 0 Å². The van der Waals surface area contributed by atoms with E-state index in [2.05, 4.69) is 15.9 Å². The molecule has 0 unspecified atom stereocenters. The summed E-state index contributed by atoms with van der Waals surface area (Å²) in [4.78, 5) is 25.8. The second kappa shape index (κ2) is 6.01. The SMILES string of the molecule is CN1C(=O)C(=O)C(=C(O)c2ccc(Br)cc2)[C@@H]1c1ccccc1. The van der Waals surface area contributed by atoms with Crippen LogP contribution in [0.3, 0.4) is 0 Å². The van der Waals surface area contributed by atoms with Gasteiger partial charge in [0.05, 0.1) is 11.6 Å². The molecule has 0 aliphatic carbocycles. The molecule has 2 aromatic carbocycles. The Hall–Kier alpha value is -2.40. The fourth-order valence-corrected chi connectivity index (χ4v) is 3.00. The average Bonchev–Trinajstić information content (AvgIpc) is 2.80. The number of rotatable bonds is 2. The Morgan fingerprint density at radius 2 is 1.65 bits per heavy atom. The smallest absolute Gasteiger partial charge is 0.295 e. The maximum absolute atomic E-state index is 12.4. The quantitative estimate of drug-likeness (QED) is 0.499. The Kier molecular flexibility index (Phi) is 4.05. The third-order valence-electron chi connectivity index (χ3n) is 3.91. The van der Waals surface area contributed by atoms with Crippen LogP contribution in [0.15, 0.2) is 64.6 Å². The zero-order valence-electron chi connectivity index (χ0n) is 12.4. The molecule has 23 heavy (non-hydrogen) atoms. The molecule has 116 valence electrons. The Morgan fingerprint density at radius 3 is 2.26 bits per heavy atom. The predicted molar refractivity (Wildman–Crippen MR) is 90.7 cm³/mol. The minimum Gasteiger partial charge on any atom is -0.507 e. The molecule has 5 heteroatoms. The van der Waals surface area contributed by atoms with Crippen LogP contribution in [0.25, 0.3) is 5.76 Å². The molecule has 0 aromatic heterocycles. The first-order valence-electron chi connectivity index (χ1n) is 7.06. The molecule has 0 spiro atoms. The summed E-state index contributed by atoms with van der Waals surface area (Å²) < 4.78 is 0.865. The second-order valence-corrected chi connectivity index (χ2v) is 6.24. The fourth-order valence-electron chi connectivity index (χ4n) is 2.74. The molecule has 1 fully saturated rings. The summed E-state index contributed by atoms with van der Waals surface area (Å²) in [6.45, 7) is 0. The van der Waals surface area contributed by atoms with Crippen molar-refractivity contribution < 1.29 is 14.7 Å². The van der Waals surface area contributed by atoms with E-state index in [0.29, 0.717) is 5.56 Å². The molecule has 0 saturated carbocycles. The van der Waals surface area contributed by atoms with E-state index in [-0.39, 0.29) is 11.3 Å². The number of amides is 1. The second-order valence-electron chi connectivity index (χ2n) is 5.33. The molecule has 1 aliphatic heterocycles. The summed E-state index contributed by atoms with van der Waals surface area (Å²) >= 11 is 3.33. The number of aliphatic hydroxyl groups excluding tert-OH is 1. The minimum atomic E-state index is -0.665. The molecule has 3 rings (SSSR count). The molecule has 1 amide bonds. The van der Waals surface area contributed by atoms with E-state index in [1.165, 1.54) is 4.90 Å². The molecular weight excluding hydrogens is 358 g/mol. The number of hydrogen-bond donors (Lipinski definition) is 1. The lowest BCUT2D eigenvalue weighted by atomic mass is 9.95. The van der Waals surface area contributed by atoms with E-state index in [1.807, 2.05) is 30.3 Å². The van der Waals surface area contributed by atoms with Gasteiger partial charge in [-0.3, -0.25) is 9.59 Å². The van der Waals surface area contributed by atoms with Crippen LogP contribution < -0.4 is 0 Å². The normalized spacial score (nSPS) is 20.1. The average molecular weight is 372 g/mol. The van der Waals surface area contributed by atoms with Gasteiger partial charge in [-0.25, -0.2) is 0 Å². The zero-order chi connectivity index (χ0) is 16.6. The Balaban J connectivity index is 2.17. The van der Waals surface area contributed by atoms with Crippen molar-refractivity contribution in [1.82, 2.24) is 4.90 Å². The summed E-state index contributed by atoms with van der Waals surface area (Å²) in [6, 6.07) is 15.6. The molecule has 1 saturated heterocycles. The minimum absolute atomic E-state index is 0.117. The molecule has 1 N–H and O–H groups in total. The maximum Gasteiger partial charge on any atom is 0.295 e. The van der Waals surface area contributed by atoms with Gasteiger partial charge in [0.1, 0.15) is 5.76 Å². The highest BCUT2D eigenvalue weighted by Crippen LogP contribution is 2.38. The first-order valence-corrected chi connectivity index (χ1v) is 7.85. The molecule has 4 nitrogen and oxygen atoms in total. The van der Waals surface area contributed by atoms with Crippen molar-refractivity contribution in [2.75, 3.05) is 7.05 Å². The van der Waals surface area contributed by atoms with Gasteiger partial charge < -0.3 is 10.0 Å². The predicted octanol–water partition coefficient (Wildman–Crippen LogP) is 3.50. The summed E-state index contributed by atoms with van der Waals surface area (Å²) in [5, 5.41) is 10.6. The van der Waals surface area contributed by atoms with Crippen LogP contribution in [0, 0.1) is 0 Å². The molecule has 1 heterocycles. The van der Waals surface area contributed by atoms with E-state index in [9.17, 15) is 14.7 Å². The van der Waals surface area contributed by atoms with Crippen LogP contribution in [0.5, 0.6) is 0 Å². The van der Waals surface area contributed by atoms with Gasteiger partial charge in [-0.05, 0) is 17.7 Å². The third-order valence-corrected chi connectivity index (χ3v) is 4.44. The van der Waals surface area contributed by atoms with Gasteiger partial charge in [-0.2, -0.15) is 0 Å². The number of nitrogens with zero attached hydrogens (tertiary/aromatic N) is 1. The number of carbonyl (C=O) groups excluding carboxylic acids is 2. The zero-order valence-corrected chi connectivity index (χ0v) is 13.9. The lowest BCUT2D eigenvalue weighted by Crippen LogP contribution is -2.24. The van der Waals surface area contributed by atoms with Crippen LogP contribution in [-0.2, 0) is 9.59 Å². The molecule has 0 radical (unpaired) electrons. The number of likely N-dealkylation sites (N-methyl/N-ethyl adjacent to an activating group) is 1. The van der Waals surface area contributed by atoms with Crippen LogP contribution in [0.4, 0.5) is 0 Å². The van der Waals surface area contributed by atoms with Crippen LogP contribution in [-0.4, -0.2) is 28.7 Å². The number of hydrogen-bond acceptors (Lipinski definition) is 3. The van der Waals surface area contributed by atoms with Gasteiger partial charge in [0.25, 0.3) is 11.7 Å². The lowest BCUT2D eigenvalue weighted by molar-refractivity contribution is -0.139. The number of Topliss-reactive ketones (excluding diaryl/α,β-unsaturated/α-hetero) is 1. The van der Waals surface area contributed by atoms with E-state index in [0.717, 1.165) is 10.0 Å². The van der Waals surface area contributed by atoms with Gasteiger partial charge in [-0.1, -0.05) is 58.4 Å². The topological polar surface area (TPSA) is 57.6 Å². The Bertz CT molecular complexity index is 797. The van der Waals surface area contributed by atoms with Crippen LogP contribution >= 0.6 is 15.9 Å². The Labute approximate surface area is 142 Å². The molecule has 2 aromatic rings. The number of ketones is 1. The highest BCUT2D eigenvalue weighted by atomic mass is 79.9. The van der Waals surface area contributed by atoms with Gasteiger partial charge in [0.2, 0.25) is 0 Å².